The van der Waals surface area contributed by atoms with Crippen LogP contribution in [0.1, 0.15) is 17.2 Å². The molecule has 0 aliphatic heterocycles. The minimum atomic E-state index is -1.13. The van der Waals surface area contributed by atoms with Gasteiger partial charge in [-0.2, -0.15) is 0 Å². The van der Waals surface area contributed by atoms with Gasteiger partial charge in [0.1, 0.15) is 0 Å². The Bertz CT molecular complexity index is 643. The van der Waals surface area contributed by atoms with Crippen molar-refractivity contribution in [2.45, 2.75) is 13.0 Å². The van der Waals surface area contributed by atoms with Gasteiger partial charge in [-0.15, -0.1) is 0 Å². The van der Waals surface area contributed by atoms with Gasteiger partial charge >= 0.3 is 5.97 Å². The van der Waals surface area contributed by atoms with Gasteiger partial charge < -0.3 is 15.5 Å². The Kier molecular flexibility index (Phi) is 3.89. The van der Waals surface area contributed by atoms with Gasteiger partial charge in [0.15, 0.2) is 17.6 Å². The summed E-state index contributed by atoms with van der Waals surface area (Å²) >= 11 is 0. The molecule has 2 rings (SSSR count). The summed E-state index contributed by atoms with van der Waals surface area (Å²) in [5.74, 6) is -2.48. The number of anilines is 1. The molecular formula is C15H14FNO3. The van der Waals surface area contributed by atoms with Crippen LogP contribution in [0, 0.1) is 12.7 Å². The van der Waals surface area contributed by atoms with Gasteiger partial charge in [0.05, 0.1) is 0 Å². The van der Waals surface area contributed by atoms with E-state index in [1.54, 1.807) is 12.1 Å². The zero-order chi connectivity index (χ0) is 14.7. The van der Waals surface area contributed by atoms with Crippen LogP contribution in [0.15, 0.2) is 42.5 Å². The molecule has 0 radical (unpaired) electrons. The van der Waals surface area contributed by atoms with E-state index in [-0.39, 0.29) is 5.56 Å². The van der Waals surface area contributed by atoms with Gasteiger partial charge in [-0.05, 0) is 36.2 Å². The van der Waals surface area contributed by atoms with E-state index < -0.39 is 23.6 Å². The Morgan fingerprint density at radius 3 is 2.55 bits per heavy atom. The van der Waals surface area contributed by atoms with Crippen molar-refractivity contribution < 1.29 is 19.4 Å². The van der Waals surface area contributed by atoms with Crippen molar-refractivity contribution in [3.05, 3.63) is 59.4 Å². The summed E-state index contributed by atoms with van der Waals surface area (Å²) in [6, 6.07) is 9.66. The summed E-state index contributed by atoms with van der Waals surface area (Å²) in [5.41, 5.74) is 1.78. The average Bonchev–Trinajstić information content (AvgIpc) is 2.41. The summed E-state index contributed by atoms with van der Waals surface area (Å²) in [6.07, 6.45) is 0. The molecule has 20 heavy (non-hydrogen) atoms. The van der Waals surface area contributed by atoms with Gasteiger partial charge in [0.2, 0.25) is 0 Å². The predicted molar refractivity (Wildman–Crippen MR) is 73.2 cm³/mol. The van der Waals surface area contributed by atoms with E-state index in [9.17, 15) is 14.3 Å². The van der Waals surface area contributed by atoms with Crippen molar-refractivity contribution in [3.8, 4) is 5.75 Å². The van der Waals surface area contributed by atoms with Gasteiger partial charge in [0, 0.05) is 5.69 Å². The minimum Gasteiger partial charge on any atom is -0.505 e. The zero-order valence-electron chi connectivity index (χ0n) is 10.8. The quantitative estimate of drug-likeness (QED) is 0.802. The number of phenols is 1. The first-order valence-electron chi connectivity index (χ1n) is 6.02. The maximum atomic E-state index is 13.4. The van der Waals surface area contributed by atoms with Gasteiger partial charge in [-0.1, -0.05) is 24.3 Å². The molecule has 3 N–H and O–H groups in total. The van der Waals surface area contributed by atoms with Crippen molar-refractivity contribution in [1.82, 2.24) is 0 Å². The molecule has 0 spiro atoms. The lowest BCUT2D eigenvalue weighted by Crippen LogP contribution is -2.21. The van der Waals surface area contributed by atoms with Crippen LogP contribution in [0.4, 0.5) is 10.1 Å². The number of rotatable bonds is 4. The second-order valence-electron chi connectivity index (χ2n) is 4.44. The number of carboxylic acid groups (broad SMARTS) is 1. The van der Waals surface area contributed by atoms with Gasteiger partial charge in [-0.25, -0.2) is 9.18 Å². The molecule has 0 aromatic heterocycles. The van der Waals surface area contributed by atoms with E-state index in [0.29, 0.717) is 5.69 Å². The highest BCUT2D eigenvalue weighted by Crippen LogP contribution is 2.25. The van der Waals surface area contributed by atoms with Crippen LogP contribution >= 0.6 is 0 Å². The maximum absolute atomic E-state index is 13.4. The highest BCUT2D eigenvalue weighted by atomic mass is 19.1. The third-order valence-electron chi connectivity index (χ3n) is 3.00. The summed E-state index contributed by atoms with van der Waals surface area (Å²) in [6.45, 7) is 1.85. The first-order valence-corrected chi connectivity index (χ1v) is 6.02. The summed E-state index contributed by atoms with van der Waals surface area (Å²) in [5, 5.41) is 21.3. The number of hydrogen-bond acceptors (Lipinski definition) is 3. The Hall–Kier alpha value is -2.56. The van der Waals surface area contributed by atoms with E-state index in [2.05, 4.69) is 5.32 Å². The van der Waals surface area contributed by atoms with E-state index in [1.807, 2.05) is 19.1 Å². The average molecular weight is 275 g/mol. The molecule has 5 heteroatoms. The van der Waals surface area contributed by atoms with Crippen LogP contribution in [0.2, 0.25) is 0 Å². The summed E-state index contributed by atoms with van der Waals surface area (Å²) < 4.78 is 13.4. The Balaban J connectivity index is 2.34. The number of nitrogens with one attached hydrogen (secondary N) is 1. The van der Waals surface area contributed by atoms with Crippen molar-refractivity contribution in [3.63, 3.8) is 0 Å². The van der Waals surface area contributed by atoms with Crippen molar-refractivity contribution >= 4 is 11.7 Å². The zero-order valence-corrected chi connectivity index (χ0v) is 10.8. The van der Waals surface area contributed by atoms with E-state index in [1.165, 1.54) is 6.07 Å². The Morgan fingerprint density at radius 1 is 1.25 bits per heavy atom. The number of carboxylic acids is 1. The summed E-state index contributed by atoms with van der Waals surface area (Å²) in [7, 11) is 0. The second-order valence-corrected chi connectivity index (χ2v) is 4.44. The maximum Gasteiger partial charge on any atom is 0.330 e. The fourth-order valence-corrected chi connectivity index (χ4v) is 1.88. The molecule has 0 aliphatic carbocycles. The van der Waals surface area contributed by atoms with Crippen LogP contribution in [-0.4, -0.2) is 16.2 Å². The lowest BCUT2D eigenvalue weighted by atomic mass is 10.1. The molecule has 0 saturated carbocycles. The van der Waals surface area contributed by atoms with E-state index >= 15 is 0 Å². The van der Waals surface area contributed by atoms with Crippen molar-refractivity contribution in [2.75, 3.05) is 5.32 Å². The van der Waals surface area contributed by atoms with Crippen LogP contribution in [0.3, 0.4) is 0 Å². The number of carbonyl (C=O) groups is 1. The van der Waals surface area contributed by atoms with Crippen LogP contribution in [0.5, 0.6) is 5.75 Å². The molecule has 1 atom stereocenters. The molecule has 2 aromatic rings. The second kappa shape index (κ2) is 5.61. The molecule has 0 heterocycles. The van der Waals surface area contributed by atoms with Gasteiger partial charge in [0.25, 0.3) is 0 Å². The monoisotopic (exact) mass is 275 g/mol. The van der Waals surface area contributed by atoms with Crippen LogP contribution in [0.25, 0.3) is 0 Å². The first-order chi connectivity index (χ1) is 9.49. The van der Waals surface area contributed by atoms with E-state index in [0.717, 1.165) is 17.7 Å². The predicted octanol–water partition coefficient (Wildman–Crippen LogP) is 3.08. The number of aryl methyl sites for hydroxylation is 1. The minimum absolute atomic E-state index is 0.232. The van der Waals surface area contributed by atoms with Crippen molar-refractivity contribution in [1.29, 1.82) is 0 Å². The molecule has 0 saturated heterocycles. The highest BCUT2D eigenvalue weighted by Gasteiger charge is 2.21. The molecular weight excluding hydrogens is 261 g/mol. The number of phenolic OH excluding ortho intramolecular Hbond substituents is 1. The van der Waals surface area contributed by atoms with Crippen LogP contribution < -0.4 is 5.32 Å². The van der Waals surface area contributed by atoms with Crippen molar-refractivity contribution in [2.24, 2.45) is 0 Å². The number of aliphatic carboxylic acids is 1. The first kappa shape index (κ1) is 13.9. The molecule has 0 fully saturated rings. The topological polar surface area (TPSA) is 69.6 Å². The molecule has 0 amide bonds. The molecule has 0 bridgehead atoms. The molecule has 2 aromatic carbocycles. The smallest absolute Gasteiger partial charge is 0.330 e. The third-order valence-corrected chi connectivity index (χ3v) is 3.00. The SMILES string of the molecule is Cc1ccccc1NC(C(=O)O)c1ccc(O)c(F)c1. The van der Waals surface area contributed by atoms with E-state index in [4.69, 9.17) is 5.11 Å². The fraction of sp³-hybridized carbons (Fsp3) is 0.133. The lowest BCUT2D eigenvalue weighted by molar-refractivity contribution is -0.138. The third kappa shape index (κ3) is 2.88. The summed E-state index contributed by atoms with van der Waals surface area (Å²) in [4.78, 5) is 11.4. The molecule has 0 aliphatic rings. The van der Waals surface area contributed by atoms with Crippen LogP contribution in [-0.2, 0) is 4.79 Å². The largest absolute Gasteiger partial charge is 0.505 e. The highest BCUT2D eigenvalue weighted by molar-refractivity contribution is 5.79. The molecule has 104 valence electrons. The Morgan fingerprint density at radius 2 is 1.95 bits per heavy atom. The lowest BCUT2D eigenvalue weighted by Gasteiger charge is -2.18. The number of benzene rings is 2. The van der Waals surface area contributed by atoms with Gasteiger partial charge in [-0.3, -0.25) is 0 Å². The fourth-order valence-electron chi connectivity index (χ4n) is 1.88. The standard InChI is InChI=1S/C15H14FNO3/c1-9-4-2-3-5-12(9)17-14(15(19)20)10-6-7-13(18)11(16)8-10/h2-8,14,17-18H,1H3,(H,19,20). The Labute approximate surface area is 115 Å². The number of hydrogen-bond donors (Lipinski definition) is 3. The molecule has 1 unspecified atom stereocenters. The molecule has 4 nitrogen and oxygen atoms in total. The number of aromatic hydroxyl groups is 1. The number of halogens is 1. The number of para-hydroxylation sites is 1. The normalized spacial score (nSPS) is 11.9.